The highest BCUT2D eigenvalue weighted by Crippen LogP contribution is 2.36. The first-order valence-corrected chi connectivity index (χ1v) is 8.77. The van der Waals surface area contributed by atoms with Crippen molar-refractivity contribution in [2.45, 2.75) is 19.8 Å². The van der Waals surface area contributed by atoms with Gasteiger partial charge in [-0.05, 0) is 53.4 Å². The summed E-state index contributed by atoms with van der Waals surface area (Å²) in [5, 5.41) is 2.94. The number of carbonyl (C=O) groups excluding carboxylic acids is 1. The number of halogens is 1. The van der Waals surface area contributed by atoms with Gasteiger partial charge in [0.1, 0.15) is 0 Å². The summed E-state index contributed by atoms with van der Waals surface area (Å²) in [4.78, 5) is 12.3. The zero-order chi connectivity index (χ0) is 17.4. The molecule has 0 aliphatic carbocycles. The number of aryl methyl sites for hydroxylation is 1. The lowest BCUT2D eigenvalue weighted by Crippen LogP contribution is -2.24. The SMILES string of the molecule is CCOc1c(Br)cc(C(=O)NCCCc2ccccc2)cc1OC. The number of hydrogen-bond acceptors (Lipinski definition) is 3. The van der Waals surface area contributed by atoms with E-state index in [0.29, 0.717) is 34.7 Å². The number of methoxy groups -OCH3 is 1. The second-order valence-electron chi connectivity index (χ2n) is 5.27. The molecule has 0 saturated heterocycles. The minimum absolute atomic E-state index is 0.120. The molecule has 0 aliphatic heterocycles. The van der Waals surface area contributed by atoms with Crippen LogP contribution in [0.1, 0.15) is 29.3 Å². The Labute approximate surface area is 151 Å². The molecule has 0 saturated carbocycles. The second kappa shape index (κ2) is 9.33. The molecule has 5 heteroatoms. The predicted octanol–water partition coefficient (Wildman–Crippen LogP) is 4.22. The van der Waals surface area contributed by atoms with Crippen molar-refractivity contribution < 1.29 is 14.3 Å². The van der Waals surface area contributed by atoms with Crippen molar-refractivity contribution in [3.8, 4) is 11.5 Å². The first kappa shape index (κ1) is 18.3. The molecule has 0 atom stereocenters. The number of rotatable bonds is 8. The number of carbonyl (C=O) groups is 1. The topological polar surface area (TPSA) is 47.6 Å². The molecule has 0 aliphatic rings. The quantitative estimate of drug-likeness (QED) is 0.685. The number of benzene rings is 2. The van der Waals surface area contributed by atoms with Gasteiger partial charge in [-0.25, -0.2) is 0 Å². The van der Waals surface area contributed by atoms with Crippen LogP contribution in [0.5, 0.6) is 11.5 Å². The highest BCUT2D eigenvalue weighted by atomic mass is 79.9. The van der Waals surface area contributed by atoms with Crippen LogP contribution in [0.3, 0.4) is 0 Å². The monoisotopic (exact) mass is 391 g/mol. The molecule has 0 radical (unpaired) electrons. The molecule has 24 heavy (non-hydrogen) atoms. The number of hydrogen-bond donors (Lipinski definition) is 1. The minimum Gasteiger partial charge on any atom is -0.493 e. The Balaban J connectivity index is 1.93. The van der Waals surface area contributed by atoms with E-state index in [-0.39, 0.29) is 5.91 Å². The van der Waals surface area contributed by atoms with Gasteiger partial charge in [-0.2, -0.15) is 0 Å². The molecule has 1 N–H and O–H groups in total. The maximum atomic E-state index is 12.3. The van der Waals surface area contributed by atoms with Crippen LogP contribution in [-0.2, 0) is 6.42 Å². The molecule has 0 bridgehead atoms. The molecule has 2 aromatic rings. The number of ether oxygens (including phenoxy) is 2. The van der Waals surface area contributed by atoms with Gasteiger partial charge in [-0.3, -0.25) is 4.79 Å². The van der Waals surface area contributed by atoms with Gasteiger partial charge < -0.3 is 14.8 Å². The summed E-state index contributed by atoms with van der Waals surface area (Å²) >= 11 is 3.44. The number of amides is 1. The van der Waals surface area contributed by atoms with Crippen LogP contribution in [-0.4, -0.2) is 26.2 Å². The van der Waals surface area contributed by atoms with Gasteiger partial charge in [0.05, 0.1) is 18.2 Å². The van der Waals surface area contributed by atoms with E-state index in [1.54, 1.807) is 19.2 Å². The van der Waals surface area contributed by atoms with Crippen LogP contribution in [0.25, 0.3) is 0 Å². The summed E-state index contributed by atoms with van der Waals surface area (Å²) in [6, 6.07) is 13.7. The van der Waals surface area contributed by atoms with Gasteiger partial charge in [0.25, 0.3) is 5.91 Å². The molecule has 128 valence electrons. The third-order valence-corrected chi connectivity index (χ3v) is 4.14. The Kier molecular flexibility index (Phi) is 7.12. The average Bonchev–Trinajstić information content (AvgIpc) is 2.61. The fraction of sp³-hybridized carbons (Fsp3) is 0.316. The Morgan fingerprint density at radius 2 is 1.96 bits per heavy atom. The highest BCUT2D eigenvalue weighted by molar-refractivity contribution is 9.10. The van der Waals surface area contributed by atoms with E-state index in [9.17, 15) is 4.79 Å². The zero-order valence-corrected chi connectivity index (χ0v) is 15.6. The van der Waals surface area contributed by atoms with Gasteiger partial charge in [-0.15, -0.1) is 0 Å². The Morgan fingerprint density at radius 1 is 1.21 bits per heavy atom. The predicted molar refractivity (Wildman–Crippen MR) is 99.0 cm³/mol. The van der Waals surface area contributed by atoms with E-state index >= 15 is 0 Å². The van der Waals surface area contributed by atoms with E-state index < -0.39 is 0 Å². The molecular formula is C19H22BrNO3. The maximum Gasteiger partial charge on any atom is 0.251 e. The highest BCUT2D eigenvalue weighted by Gasteiger charge is 2.15. The lowest BCUT2D eigenvalue weighted by Gasteiger charge is -2.13. The van der Waals surface area contributed by atoms with Crippen LogP contribution in [0, 0.1) is 0 Å². The average molecular weight is 392 g/mol. The molecule has 0 heterocycles. The van der Waals surface area contributed by atoms with E-state index in [4.69, 9.17) is 9.47 Å². The molecule has 4 nitrogen and oxygen atoms in total. The molecule has 0 aromatic heterocycles. The summed E-state index contributed by atoms with van der Waals surface area (Å²) in [7, 11) is 1.56. The summed E-state index contributed by atoms with van der Waals surface area (Å²) in [6.45, 7) is 3.06. The fourth-order valence-corrected chi connectivity index (χ4v) is 2.93. The van der Waals surface area contributed by atoms with Crippen LogP contribution in [0.4, 0.5) is 0 Å². The first-order chi connectivity index (χ1) is 11.7. The van der Waals surface area contributed by atoms with E-state index in [2.05, 4.69) is 33.4 Å². The van der Waals surface area contributed by atoms with Crippen LogP contribution < -0.4 is 14.8 Å². The lowest BCUT2D eigenvalue weighted by molar-refractivity contribution is 0.0952. The Hall–Kier alpha value is -2.01. The van der Waals surface area contributed by atoms with Crippen LogP contribution in [0.15, 0.2) is 46.9 Å². The largest absolute Gasteiger partial charge is 0.493 e. The van der Waals surface area contributed by atoms with E-state index in [1.165, 1.54) is 5.56 Å². The van der Waals surface area contributed by atoms with Gasteiger partial charge in [0.2, 0.25) is 0 Å². The molecular weight excluding hydrogens is 370 g/mol. The van der Waals surface area contributed by atoms with Crippen molar-refractivity contribution in [3.63, 3.8) is 0 Å². The standard InChI is InChI=1S/C19H22BrNO3/c1-3-24-18-16(20)12-15(13-17(18)23-2)19(22)21-11-7-10-14-8-5-4-6-9-14/h4-6,8-9,12-13H,3,7,10-11H2,1-2H3,(H,21,22). The van der Waals surface area contributed by atoms with Gasteiger partial charge >= 0.3 is 0 Å². The van der Waals surface area contributed by atoms with Gasteiger partial charge in [0.15, 0.2) is 11.5 Å². The van der Waals surface area contributed by atoms with Gasteiger partial charge in [-0.1, -0.05) is 30.3 Å². The minimum atomic E-state index is -0.120. The molecule has 0 fully saturated rings. The summed E-state index contributed by atoms with van der Waals surface area (Å²) in [5.74, 6) is 1.03. The lowest BCUT2D eigenvalue weighted by atomic mass is 10.1. The molecule has 0 spiro atoms. The number of nitrogens with one attached hydrogen (secondary N) is 1. The molecule has 0 unspecified atom stereocenters. The zero-order valence-electron chi connectivity index (χ0n) is 14.0. The van der Waals surface area contributed by atoms with Crippen molar-refractivity contribution in [2.75, 3.05) is 20.3 Å². The Bertz CT molecular complexity index is 674. The second-order valence-corrected chi connectivity index (χ2v) is 6.12. The molecule has 2 aromatic carbocycles. The summed E-state index contributed by atoms with van der Waals surface area (Å²) < 4.78 is 11.6. The summed E-state index contributed by atoms with van der Waals surface area (Å²) in [5.41, 5.74) is 1.82. The van der Waals surface area contributed by atoms with Crippen LogP contribution >= 0.6 is 15.9 Å². The van der Waals surface area contributed by atoms with E-state index in [0.717, 1.165) is 12.8 Å². The van der Waals surface area contributed by atoms with Crippen LogP contribution in [0.2, 0.25) is 0 Å². The maximum absolute atomic E-state index is 12.3. The van der Waals surface area contributed by atoms with Crippen molar-refractivity contribution in [1.29, 1.82) is 0 Å². The third-order valence-electron chi connectivity index (χ3n) is 3.55. The normalized spacial score (nSPS) is 10.3. The van der Waals surface area contributed by atoms with Crippen molar-refractivity contribution in [1.82, 2.24) is 5.32 Å². The molecule has 1 amide bonds. The van der Waals surface area contributed by atoms with Crippen molar-refractivity contribution in [3.05, 3.63) is 58.1 Å². The van der Waals surface area contributed by atoms with Crippen molar-refractivity contribution in [2.24, 2.45) is 0 Å². The summed E-state index contributed by atoms with van der Waals surface area (Å²) in [6.07, 6.45) is 1.84. The van der Waals surface area contributed by atoms with Crippen molar-refractivity contribution >= 4 is 21.8 Å². The smallest absolute Gasteiger partial charge is 0.251 e. The van der Waals surface area contributed by atoms with E-state index in [1.807, 2.05) is 25.1 Å². The molecule has 2 rings (SSSR count). The Morgan fingerprint density at radius 3 is 2.62 bits per heavy atom. The third kappa shape index (κ3) is 4.99. The fourth-order valence-electron chi connectivity index (χ4n) is 2.38. The van der Waals surface area contributed by atoms with Gasteiger partial charge in [0, 0.05) is 12.1 Å². The first-order valence-electron chi connectivity index (χ1n) is 7.98.